The van der Waals surface area contributed by atoms with Crippen LogP contribution in [0.3, 0.4) is 0 Å². The minimum atomic E-state index is -0.611. The Labute approximate surface area is 85.1 Å². The Morgan fingerprint density at radius 2 is 2.27 bits per heavy atom. The first-order chi connectivity index (χ1) is 7.11. The van der Waals surface area contributed by atoms with Gasteiger partial charge < -0.3 is 9.72 Å². The van der Waals surface area contributed by atoms with Crippen LogP contribution in [-0.4, -0.2) is 23.0 Å². The SMILES string of the molecule is COC(=O)c1cc2cc(C)nc(F)c2[nH]1. The zero-order chi connectivity index (χ0) is 11.0. The van der Waals surface area contributed by atoms with E-state index in [9.17, 15) is 9.18 Å². The summed E-state index contributed by atoms with van der Waals surface area (Å²) in [4.78, 5) is 17.5. The number of rotatable bonds is 1. The molecule has 0 unspecified atom stereocenters. The lowest BCUT2D eigenvalue weighted by atomic mass is 10.2. The van der Waals surface area contributed by atoms with Crippen LogP contribution in [0, 0.1) is 12.9 Å². The Balaban J connectivity index is 2.65. The summed E-state index contributed by atoms with van der Waals surface area (Å²) in [6.45, 7) is 1.69. The molecule has 4 nitrogen and oxygen atoms in total. The molecule has 0 saturated carbocycles. The van der Waals surface area contributed by atoms with Gasteiger partial charge in [-0.05, 0) is 19.1 Å². The number of nitrogens with one attached hydrogen (secondary N) is 1. The van der Waals surface area contributed by atoms with Gasteiger partial charge in [0.15, 0.2) is 0 Å². The number of pyridine rings is 1. The van der Waals surface area contributed by atoms with Crippen molar-refractivity contribution in [2.45, 2.75) is 6.92 Å². The number of fused-ring (bicyclic) bond motifs is 1. The molecule has 15 heavy (non-hydrogen) atoms. The van der Waals surface area contributed by atoms with E-state index in [1.165, 1.54) is 7.11 Å². The van der Waals surface area contributed by atoms with Crippen molar-refractivity contribution in [3.05, 3.63) is 29.5 Å². The third-order valence-corrected chi connectivity index (χ3v) is 2.10. The number of carbonyl (C=O) groups is 1. The molecule has 0 amide bonds. The molecule has 2 aromatic heterocycles. The summed E-state index contributed by atoms with van der Waals surface area (Å²) < 4.78 is 17.9. The fourth-order valence-electron chi connectivity index (χ4n) is 1.44. The largest absolute Gasteiger partial charge is 0.464 e. The van der Waals surface area contributed by atoms with Crippen LogP contribution in [0.2, 0.25) is 0 Å². The maximum absolute atomic E-state index is 13.3. The van der Waals surface area contributed by atoms with E-state index >= 15 is 0 Å². The molecule has 0 spiro atoms. The number of H-pyrrole nitrogens is 1. The molecule has 5 heteroatoms. The van der Waals surface area contributed by atoms with Crippen LogP contribution in [-0.2, 0) is 4.74 Å². The number of hydrogen-bond donors (Lipinski definition) is 1. The van der Waals surface area contributed by atoms with Gasteiger partial charge in [-0.15, -0.1) is 0 Å². The molecule has 1 N–H and O–H groups in total. The van der Waals surface area contributed by atoms with Gasteiger partial charge >= 0.3 is 5.97 Å². The summed E-state index contributed by atoms with van der Waals surface area (Å²) in [5.74, 6) is -1.14. The molecule has 0 aliphatic heterocycles. The molecule has 0 aliphatic carbocycles. The highest BCUT2D eigenvalue weighted by Gasteiger charge is 2.12. The van der Waals surface area contributed by atoms with E-state index in [1.54, 1.807) is 19.1 Å². The van der Waals surface area contributed by atoms with Gasteiger partial charge in [-0.3, -0.25) is 0 Å². The van der Waals surface area contributed by atoms with E-state index in [4.69, 9.17) is 0 Å². The first-order valence-corrected chi connectivity index (χ1v) is 4.36. The summed E-state index contributed by atoms with van der Waals surface area (Å²) in [6.07, 6.45) is 0. The van der Waals surface area contributed by atoms with Gasteiger partial charge in [-0.1, -0.05) is 0 Å². The molecule has 78 valence electrons. The number of ether oxygens (including phenoxy) is 1. The number of halogens is 1. The highest BCUT2D eigenvalue weighted by atomic mass is 19.1. The zero-order valence-corrected chi connectivity index (χ0v) is 8.30. The van der Waals surface area contributed by atoms with Crippen molar-refractivity contribution in [3.63, 3.8) is 0 Å². The Morgan fingerprint density at radius 3 is 2.93 bits per heavy atom. The van der Waals surface area contributed by atoms with E-state index < -0.39 is 11.9 Å². The van der Waals surface area contributed by atoms with Gasteiger partial charge in [0.2, 0.25) is 5.95 Å². The number of hydrogen-bond acceptors (Lipinski definition) is 3. The lowest BCUT2D eigenvalue weighted by Crippen LogP contribution is -2.00. The lowest BCUT2D eigenvalue weighted by Gasteiger charge is -1.94. The van der Waals surface area contributed by atoms with Crippen molar-refractivity contribution < 1.29 is 13.9 Å². The zero-order valence-electron chi connectivity index (χ0n) is 8.30. The van der Waals surface area contributed by atoms with Crippen molar-refractivity contribution in [1.29, 1.82) is 0 Å². The van der Waals surface area contributed by atoms with Crippen LogP contribution in [0.1, 0.15) is 16.2 Å². The van der Waals surface area contributed by atoms with E-state index in [0.717, 1.165) is 0 Å². The topological polar surface area (TPSA) is 55.0 Å². The van der Waals surface area contributed by atoms with Crippen LogP contribution in [0.4, 0.5) is 4.39 Å². The van der Waals surface area contributed by atoms with E-state index in [0.29, 0.717) is 11.1 Å². The maximum Gasteiger partial charge on any atom is 0.354 e. The molecule has 0 aromatic carbocycles. The fraction of sp³-hybridized carbons (Fsp3) is 0.200. The number of aromatic nitrogens is 2. The predicted octanol–water partition coefficient (Wildman–Crippen LogP) is 1.80. The Bertz CT molecular complexity index is 533. The number of aryl methyl sites for hydroxylation is 1. The molecule has 2 aromatic rings. The number of carbonyl (C=O) groups excluding carboxylic acids is 1. The van der Waals surface area contributed by atoms with E-state index in [1.807, 2.05) is 0 Å². The first kappa shape index (κ1) is 9.64. The number of nitrogens with zero attached hydrogens (tertiary/aromatic N) is 1. The number of aromatic amines is 1. The Kier molecular flexibility index (Phi) is 2.15. The van der Waals surface area contributed by atoms with Gasteiger partial charge in [-0.2, -0.15) is 4.39 Å². The van der Waals surface area contributed by atoms with Gasteiger partial charge in [0.25, 0.3) is 0 Å². The Hall–Kier alpha value is -1.91. The number of methoxy groups -OCH3 is 1. The molecule has 0 aliphatic rings. The fourth-order valence-corrected chi connectivity index (χ4v) is 1.44. The molecule has 2 rings (SSSR count). The van der Waals surface area contributed by atoms with E-state index in [-0.39, 0.29) is 11.2 Å². The van der Waals surface area contributed by atoms with Crippen molar-refractivity contribution >= 4 is 16.9 Å². The molecular weight excluding hydrogens is 199 g/mol. The van der Waals surface area contributed by atoms with Crippen LogP contribution < -0.4 is 0 Å². The van der Waals surface area contributed by atoms with Gasteiger partial charge in [0, 0.05) is 11.1 Å². The molecule has 0 bridgehead atoms. The molecule has 0 atom stereocenters. The van der Waals surface area contributed by atoms with Crippen LogP contribution >= 0.6 is 0 Å². The molecule has 2 heterocycles. The standard InChI is InChI=1S/C10H9FN2O2/c1-5-3-6-4-7(10(14)15-2)13-8(6)9(11)12-5/h3-4,13H,1-2H3. The third-order valence-electron chi connectivity index (χ3n) is 2.10. The first-order valence-electron chi connectivity index (χ1n) is 4.36. The second-order valence-corrected chi connectivity index (χ2v) is 3.19. The molecule has 0 saturated heterocycles. The number of esters is 1. The van der Waals surface area contributed by atoms with Crippen LogP contribution in [0.5, 0.6) is 0 Å². The van der Waals surface area contributed by atoms with E-state index in [2.05, 4.69) is 14.7 Å². The average Bonchev–Trinajstić information content (AvgIpc) is 2.60. The Morgan fingerprint density at radius 1 is 1.53 bits per heavy atom. The summed E-state index contributed by atoms with van der Waals surface area (Å²) in [5.41, 5.74) is 1.01. The van der Waals surface area contributed by atoms with Crippen molar-refractivity contribution in [2.75, 3.05) is 7.11 Å². The summed E-state index contributed by atoms with van der Waals surface area (Å²) >= 11 is 0. The minimum absolute atomic E-state index is 0.221. The van der Waals surface area contributed by atoms with Crippen molar-refractivity contribution in [2.24, 2.45) is 0 Å². The monoisotopic (exact) mass is 208 g/mol. The molecule has 0 radical (unpaired) electrons. The maximum atomic E-state index is 13.3. The minimum Gasteiger partial charge on any atom is -0.464 e. The molecular formula is C10H9FN2O2. The third kappa shape index (κ3) is 1.56. The second kappa shape index (κ2) is 3.34. The predicted molar refractivity (Wildman–Crippen MR) is 52.1 cm³/mol. The van der Waals surface area contributed by atoms with Crippen LogP contribution in [0.15, 0.2) is 12.1 Å². The smallest absolute Gasteiger partial charge is 0.354 e. The summed E-state index contributed by atoms with van der Waals surface area (Å²) in [6, 6.07) is 3.24. The van der Waals surface area contributed by atoms with Crippen LogP contribution in [0.25, 0.3) is 10.9 Å². The lowest BCUT2D eigenvalue weighted by molar-refractivity contribution is 0.0595. The highest BCUT2D eigenvalue weighted by molar-refractivity contribution is 5.94. The van der Waals surface area contributed by atoms with Gasteiger partial charge in [0.05, 0.1) is 7.11 Å². The summed E-state index contributed by atoms with van der Waals surface area (Å²) in [7, 11) is 1.27. The van der Waals surface area contributed by atoms with Gasteiger partial charge in [0.1, 0.15) is 11.2 Å². The molecule has 0 fully saturated rings. The average molecular weight is 208 g/mol. The van der Waals surface area contributed by atoms with Crippen molar-refractivity contribution in [1.82, 2.24) is 9.97 Å². The second-order valence-electron chi connectivity index (χ2n) is 3.19. The summed E-state index contributed by atoms with van der Waals surface area (Å²) in [5, 5.41) is 0.611. The quantitative estimate of drug-likeness (QED) is 0.574. The van der Waals surface area contributed by atoms with Crippen molar-refractivity contribution in [3.8, 4) is 0 Å². The highest BCUT2D eigenvalue weighted by Crippen LogP contribution is 2.18. The van der Waals surface area contributed by atoms with Gasteiger partial charge in [-0.25, -0.2) is 9.78 Å². The normalized spacial score (nSPS) is 10.6.